The van der Waals surface area contributed by atoms with E-state index in [4.69, 9.17) is 17.2 Å². The second-order valence-corrected chi connectivity index (χ2v) is 28.3. The molecule has 0 fully saturated rings. The van der Waals surface area contributed by atoms with Gasteiger partial charge in [-0.2, -0.15) is 0 Å². The number of aliphatic hydroxyl groups excluding tert-OH is 1. The first-order valence-corrected chi connectivity index (χ1v) is 35.0. The average Bonchev–Trinajstić information content (AvgIpc) is 0.859. The number of carboxylic acid groups (broad SMARTS) is 1. The molecular weight excluding hydrogens is 1290 g/mol. The molecule has 0 bridgehead atoms. The summed E-state index contributed by atoms with van der Waals surface area (Å²) in [6, 6.07) is -6.45. The van der Waals surface area contributed by atoms with E-state index in [9.17, 15) is 77.3 Å². The molecule has 0 saturated carbocycles. The van der Waals surface area contributed by atoms with Crippen LogP contribution in [0.4, 0.5) is 0 Å². The van der Waals surface area contributed by atoms with E-state index >= 15 is 0 Å². The second-order valence-electron chi connectivity index (χ2n) is 28.3. The third kappa shape index (κ3) is 34.6. The SMILES string of the molecule is CC[C@H](C)[C@H](NC(=O)[C@H](CCC(=O)O)NC(=O)[C@H](CC(C)C)NC(=O)[C@@H](N)Cc1ccccc1)C(=O)N[C@H](C(=O)N[C@@H](C)C(=O)N[C@@H](CCCCN)C(=O)N[C@@H](CC(C)C)C(=O)N[C@@H](CC(C)C)C(=O)N[C@@H](CO)C(=O)NCC(=O)N[C@@H](CC(C)C)C(=O)N[C@@H](CC(C)C)C(N)=O)C(C)C. The maximum atomic E-state index is 14.3. The number of primary amides is 1. The van der Waals surface area contributed by atoms with E-state index in [1.165, 1.54) is 6.92 Å². The van der Waals surface area contributed by atoms with Crippen LogP contribution in [0.1, 0.15) is 180 Å². The lowest BCUT2D eigenvalue weighted by Gasteiger charge is -2.30. The fraction of sp³-hybridized carbons (Fsp3) is 0.710. The molecule has 13 amide bonds. The van der Waals surface area contributed by atoms with Crippen LogP contribution < -0.4 is 81.0 Å². The van der Waals surface area contributed by atoms with Crippen molar-refractivity contribution in [3.63, 3.8) is 0 Å². The monoisotopic (exact) mass is 1410 g/mol. The van der Waals surface area contributed by atoms with E-state index in [0.717, 1.165) is 5.56 Å². The normalized spacial score (nSPS) is 15.4. The number of aliphatic hydroxyl groups is 1. The van der Waals surface area contributed by atoms with Crippen LogP contribution in [0.3, 0.4) is 0 Å². The van der Waals surface area contributed by atoms with Gasteiger partial charge in [0.25, 0.3) is 0 Å². The highest BCUT2D eigenvalue weighted by atomic mass is 16.4. The number of unbranched alkanes of at least 4 members (excludes halogenated alkanes) is 1. The highest BCUT2D eigenvalue weighted by Gasteiger charge is 2.38. The zero-order valence-electron chi connectivity index (χ0n) is 61.3. The van der Waals surface area contributed by atoms with E-state index in [0.29, 0.717) is 19.3 Å². The molecule has 31 heteroatoms. The Bertz CT molecular complexity index is 2840. The number of amides is 13. The van der Waals surface area contributed by atoms with Crippen LogP contribution in [0.5, 0.6) is 0 Å². The number of carbonyl (C=O) groups excluding carboxylic acids is 13. The Morgan fingerprint density at radius 2 is 0.820 bits per heavy atom. The molecule has 1 rings (SSSR count). The summed E-state index contributed by atoms with van der Waals surface area (Å²) in [7, 11) is 0. The molecule has 0 saturated heterocycles. The van der Waals surface area contributed by atoms with Gasteiger partial charge in [-0.3, -0.25) is 67.1 Å². The van der Waals surface area contributed by atoms with Crippen molar-refractivity contribution in [1.82, 2.24) is 63.8 Å². The van der Waals surface area contributed by atoms with Gasteiger partial charge in [-0.25, -0.2) is 0 Å². The molecule has 1 aromatic carbocycles. The summed E-state index contributed by atoms with van der Waals surface area (Å²) >= 11 is 0. The molecule has 0 heterocycles. The number of nitrogens with one attached hydrogen (secondary N) is 12. The Balaban J connectivity index is 3.35. The molecule has 31 nitrogen and oxygen atoms in total. The summed E-state index contributed by atoms with van der Waals surface area (Å²) in [5.74, 6) is -13.7. The minimum absolute atomic E-state index is 0.00838. The summed E-state index contributed by atoms with van der Waals surface area (Å²) < 4.78 is 0. The van der Waals surface area contributed by atoms with Crippen LogP contribution in [0.2, 0.25) is 0 Å². The van der Waals surface area contributed by atoms with E-state index < -0.39 is 193 Å². The molecular formula is C69H119N15O16. The maximum Gasteiger partial charge on any atom is 0.303 e. The van der Waals surface area contributed by atoms with Crippen LogP contribution in [-0.2, 0) is 73.5 Å². The number of rotatable bonds is 48. The molecule has 1 aromatic rings. The quantitative estimate of drug-likeness (QED) is 0.0363. The fourth-order valence-electron chi connectivity index (χ4n) is 10.6. The lowest BCUT2D eigenvalue weighted by atomic mass is 9.95. The van der Waals surface area contributed by atoms with Gasteiger partial charge in [0.05, 0.1) is 19.2 Å². The number of carboxylic acids is 1. The Morgan fingerprint density at radius 1 is 0.430 bits per heavy atom. The minimum Gasteiger partial charge on any atom is -0.481 e. The molecule has 0 aliphatic carbocycles. The number of hydrogen-bond donors (Lipinski definition) is 17. The fourth-order valence-corrected chi connectivity index (χ4v) is 10.6. The molecule has 100 heavy (non-hydrogen) atoms. The van der Waals surface area contributed by atoms with E-state index in [1.54, 1.807) is 79.7 Å². The van der Waals surface area contributed by atoms with Gasteiger partial charge in [0, 0.05) is 6.42 Å². The first kappa shape index (κ1) is 89.7. The zero-order valence-corrected chi connectivity index (χ0v) is 61.3. The van der Waals surface area contributed by atoms with Crippen molar-refractivity contribution in [3.8, 4) is 0 Å². The van der Waals surface area contributed by atoms with E-state index in [-0.39, 0.29) is 81.1 Å². The van der Waals surface area contributed by atoms with Gasteiger partial charge in [-0.15, -0.1) is 0 Å². The lowest BCUT2D eigenvalue weighted by molar-refractivity contribution is -0.139. The van der Waals surface area contributed by atoms with Crippen LogP contribution in [-0.4, -0.2) is 185 Å². The topological polar surface area (TPSA) is 502 Å². The first-order valence-electron chi connectivity index (χ1n) is 35.0. The van der Waals surface area contributed by atoms with Crippen molar-refractivity contribution in [1.29, 1.82) is 0 Å². The van der Waals surface area contributed by atoms with Crippen molar-refractivity contribution in [2.75, 3.05) is 19.7 Å². The summed E-state index contributed by atoms with van der Waals surface area (Å²) in [4.78, 5) is 190. The predicted molar refractivity (Wildman–Crippen MR) is 376 cm³/mol. The number of aliphatic carboxylic acids is 1. The van der Waals surface area contributed by atoms with Crippen molar-refractivity contribution in [2.24, 2.45) is 58.6 Å². The van der Waals surface area contributed by atoms with Crippen molar-refractivity contribution in [3.05, 3.63) is 35.9 Å². The maximum absolute atomic E-state index is 14.3. The smallest absolute Gasteiger partial charge is 0.303 e. The number of hydrogen-bond acceptors (Lipinski definition) is 17. The van der Waals surface area contributed by atoms with Gasteiger partial charge < -0.3 is 91.2 Å². The number of nitrogens with two attached hydrogens (primary N) is 3. The summed E-state index contributed by atoms with van der Waals surface area (Å²) in [5, 5.41) is 51.0. The highest BCUT2D eigenvalue weighted by molar-refractivity contribution is 5.99. The lowest BCUT2D eigenvalue weighted by Crippen LogP contribution is -2.62. The third-order valence-corrected chi connectivity index (χ3v) is 16.3. The second kappa shape index (κ2) is 46.2. The molecule has 0 radical (unpaired) electrons. The molecule has 13 atom stereocenters. The largest absolute Gasteiger partial charge is 0.481 e. The molecule has 0 aliphatic heterocycles. The first-order chi connectivity index (χ1) is 46.7. The van der Waals surface area contributed by atoms with Gasteiger partial charge in [0.15, 0.2) is 0 Å². The molecule has 566 valence electrons. The highest BCUT2D eigenvalue weighted by Crippen LogP contribution is 2.16. The zero-order chi connectivity index (χ0) is 76.3. The van der Waals surface area contributed by atoms with Crippen LogP contribution >= 0.6 is 0 Å². The Hall–Kier alpha value is -8.32. The Labute approximate surface area is 589 Å². The van der Waals surface area contributed by atoms with Gasteiger partial charge in [-0.05, 0) is 125 Å². The standard InChI is InChI=1S/C69H119N15O16/c1-16-42(14)57(84-63(94)47(25-26-55(87)88)77-65(96)50(30-38(6)7)79-60(91)45(71)33-44-22-18-17-19-23-44)69(100)83-56(41(12)13)68(99)74-43(15)59(90)76-46(24-20-21-27-70)62(93)80-51(31-39(8)9)66(97)81-52(32-40(10)11)67(98)82-53(35-85)61(92)73-34-54(86)75-49(29-37(4)5)64(95)78-48(58(72)89)28-36(2)3/h17-19,22-23,36-43,45-53,56-57,85H,16,20-21,24-35,70-71H2,1-15H3,(H2,72,89)(H,73,92)(H,74,99)(H,75,86)(H,76,90)(H,77,96)(H,78,95)(H,79,91)(H,80,93)(H,81,97)(H,82,98)(H,83,100)(H,84,94)(H,87,88)/t42-,43-,45-,46-,47-,48-,49-,50-,51-,52-,53-,56-,57-/m0/s1. The number of carbonyl (C=O) groups is 14. The van der Waals surface area contributed by atoms with Crippen LogP contribution in [0.25, 0.3) is 0 Å². The van der Waals surface area contributed by atoms with Crippen molar-refractivity contribution in [2.45, 2.75) is 253 Å². The van der Waals surface area contributed by atoms with Crippen molar-refractivity contribution >= 4 is 82.8 Å². The van der Waals surface area contributed by atoms with Crippen LogP contribution in [0.15, 0.2) is 30.3 Å². The van der Waals surface area contributed by atoms with E-state index in [2.05, 4.69) is 63.8 Å². The van der Waals surface area contributed by atoms with E-state index in [1.807, 2.05) is 47.6 Å². The average molecular weight is 1410 g/mol. The summed E-state index contributed by atoms with van der Waals surface area (Å²) in [6.45, 7) is 24.6. The van der Waals surface area contributed by atoms with Gasteiger partial charge in [0.2, 0.25) is 76.8 Å². The molecule has 0 aliphatic rings. The molecule has 0 unspecified atom stereocenters. The van der Waals surface area contributed by atoms with Gasteiger partial charge in [-0.1, -0.05) is 134 Å². The molecule has 0 aromatic heterocycles. The number of benzene rings is 1. The predicted octanol–water partition coefficient (Wildman–Crippen LogP) is -0.571. The Morgan fingerprint density at radius 3 is 1.26 bits per heavy atom. The summed E-state index contributed by atoms with van der Waals surface area (Å²) in [5.41, 5.74) is 18.3. The Kier molecular flexibility index (Phi) is 41.4. The molecule has 0 spiro atoms. The molecule has 20 N–H and O–H groups in total. The third-order valence-electron chi connectivity index (χ3n) is 16.3. The minimum atomic E-state index is -1.63. The van der Waals surface area contributed by atoms with Crippen LogP contribution in [0, 0.1) is 41.4 Å². The van der Waals surface area contributed by atoms with Gasteiger partial charge in [0.1, 0.15) is 66.5 Å². The summed E-state index contributed by atoms with van der Waals surface area (Å²) in [6.07, 6.45) is 0.894. The van der Waals surface area contributed by atoms with Gasteiger partial charge >= 0.3 is 5.97 Å². The van der Waals surface area contributed by atoms with Crippen molar-refractivity contribution < 1.29 is 77.3 Å².